The fraction of sp³-hybridized carbons (Fsp3) is 0.870. The van der Waals surface area contributed by atoms with Crippen molar-refractivity contribution in [3.63, 3.8) is 0 Å². The molecule has 4 rings (SSSR count). The molecule has 3 fully saturated rings. The summed E-state index contributed by atoms with van der Waals surface area (Å²) in [6, 6.07) is 0. The molecule has 0 aromatic carbocycles. The van der Waals surface area contributed by atoms with E-state index in [4.69, 9.17) is 0 Å². The Kier molecular flexibility index (Phi) is 4.21. The molecule has 0 radical (unpaired) electrons. The molecule has 0 aliphatic heterocycles. The third kappa shape index (κ3) is 2.36. The van der Waals surface area contributed by atoms with Gasteiger partial charge < -0.3 is 0 Å². The Hall–Kier alpha value is -0.590. The molecular weight excluding hydrogens is 292 g/mol. The smallest absolute Gasteiger partial charge is 0.139 e. The van der Waals surface area contributed by atoms with Crippen LogP contribution in [0.25, 0.3) is 0 Å². The quantitative estimate of drug-likeness (QED) is 0.554. The van der Waals surface area contributed by atoms with Crippen LogP contribution in [-0.4, -0.2) is 5.78 Å². The molecule has 4 aliphatic rings. The summed E-state index contributed by atoms with van der Waals surface area (Å²) in [7, 11) is 0. The van der Waals surface area contributed by atoms with Gasteiger partial charge in [0.1, 0.15) is 5.78 Å². The summed E-state index contributed by atoms with van der Waals surface area (Å²) in [5.41, 5.74) is 2.30. The maximum atomic E-state index is 12.5. The van der Waals surface area contributed by atoms with Crippen molar-refractivity contribution < 1.29 is 4.79 Å². The van der Waals surface area contributed by atoms with Gasteiger partial charge in [-0.05, 0) is 74.0 Å². The van der Waals surface area contributed by atoms with Crippen molar-refractivity contribution in [1.29, 1.82) is 0 Å². The first-order chi connectivity index (χ1) is 11.5. The molecule has 134 valence electrons. The van der Waals surface area contributed by atoms with Crippen LogP contribution in [0.15, 0.2) is 11.6 Å². The molecule has 1 nitrogen and oxygen atoms in total. The summed E-state index contributed by atoms with van der Waals surface area (Å²) < 4.78 is 0. The second-order valence-electron chi connectivity index (χ2n) is 9.93. The van der Waals surface area contributed by atoms with E-state index in [0.717, 1.165) is 24.2 Å². The van der Waals surface area contributed by atoms with E-state index in [0.29, 0.717) is 17.1 Å². The highest BCUT2D eigenvalue weighted by atomic mass is 16.1. The molecular formula is C23H36O. The van der Waals surface area contributed by atoms with E-state index >= 15 is 0 Å². The normalized spacial score (nSPS) is 47.6. The number of carbonyl (C=O) groups is 1. The van der Waals surface area contributed by atoms with Gasteiger partial charge in [-0.25, -0.2) is 0 Å². The van der Waals surface area contributed by atoms with Crippen LogP contribution in [0.4, 0.5) is 0 Å². The van der Waals surface area contributed by atoms with E-state index in [1.165, 1.54) is 64.2 Å². The largest absolute Gasteiger partial charge is 0.299 e. The number of fused-ring (bicyclic) bond motifs is 5. The van der Waals surface area contributed by atoms with Crippen LogP contribution in [-0.2, 0) is 4.79 Å². The Morgan fingerprint density at radius 2 is 1.83 bits per heavy atom. The molecule has 24 heavy (non-hydrogen) atoms. The van der Waals surface area contributed by atoms with E-state index < -0.39 is 0 Å². The standard InChI is InChI=1S/C23H36O/c1-4-5-6-16-11-13-22(2)17(15-16)7-8-18-19-9-10-21(24)23(19,3)14-12-20(18)22/h7,16,18-20H,4-6,8-15H2,1-3H3/t16-,18-,19-,20-,22-,23-/m0/s1. The zero-order chi connectivity index (χ0) is 16.9. The second kappa shape index (κ2) is 5.99. The van der Waals surface area contributed by atoms with Gasteiger partial charge in [-0.2, -0.15) is 0 Å². The molecule has 0 bridgehead atoms. The molecule has 3 saturated carbocycles. The second-order valence-corrected chi connectivity index (χ2v) is 9.93. The SMILES string of the molecule is CCCC[C@H]1CC[C@@]2(C)C(=CC[C@@H]3[C@@H]2CC[C@]2(C)C(=O)CC[C@@H]32)C1. The minimum atomic E-state index is 0.0290. The number of carbonyl (C=O) groups excluding carboxylic acids is 1. The van der Waals surface area contributed by atoms with Gasteiger partial charge in [0.25, 0.3) is 0 Å². The van der Waals surface area contributed by atoms with Crippen LogP contribution in [0.2, 0.25) is 0 Å². The maximum Gasteiger partial charge on any atom is 0.139 e. The van der Waals surface area contributed by atoms with Crippen LogP contribution in [0.1, 0.15) is 91.4 Å². The lowest BCUT2D eigenvalue weighted by Crippen LogP contribution is -2.50. The highest BCUT2D eigenvalue weighted by Crippen LogP contribution is 2.64. The number of hydrogen-bond acceptors (Lipinski definition) is 1. The monoisotopic (exact) mass is 328 g/mol. The van der Waals surface area contributed by atoms with E-state index in [9.17, 15) is 4.79 Å². The van der Waals surface area contributed by atoms with Gasteiger partial charge in [0, 0.05) is 11.8 Å². The first-order valence-electron chi connectivity index (χ1n) is 10.7. The lowest BCUT2D eigenvalue weighted by molar-refractivity contribution is -0.131. The zero-order valence-corrected chi connectivity index (χ0v) is 16.1. The Labute approximate surface area is 148 Å². The van der Waals surface area contributed by atoms with E-state index in [1.54, 1.807) is 0 Å². The van der Waals surface area contributed by atoms with Gasteiger partial charge in [-0.1, -0.05) is 51.7 Å². The number of unbranched alkanes of at least 4 members (excludes halogenated alkanes) is 1. The molecule has 4 aliphatic carbocycles. The number of allylic oxidation sites excluding steroid dienone is 2. The van der Waals surface area contributed by atoms with Crippen molar-refractivity contribution >= 4 is 5.78 Å². The summed E-state index contributed by atoms with van der Waals surface area (Å²) in [6.07, 6.45) is 16.8. The van der Waals surface area contributed by atoms with Crippen LogP contribution >= 0.6 is 0 Å². The Balaban J connectivity index is 1.56. The van der Waals surface area contributed by atoms with Crippen LogP contribution in [0, 0.1) is 34.5 Å². The Bertz CT molecular complexity index is 546. The van der Waals surface area contributed by atoms with E-state index in [1.807, 2.05) is 5.57 Å². The highest BCUT2D eigenvalue weighted by molar-refractivity contribution is 5.87. The fourth-order valence-corrected chi connectivity index (χ4v) is 7.25. The average Bonchev–Trinajstić information content (AvgIpc) is 2.88. The molecule has 0 saturated heterocycles. The number of rotatable bonds is 3. The summed E-state index contributed by atoms with van der Waals surface area (Å²) >= 11 is 0. The lowest BCUT2D eigenvalue weighted by atomic mass is 9.47. The average molecular weight is 329 g/mol. The first kappa shape index (κ1) is 16.9. The van der Waals surface area contributed by atoms with Crippen molar-refractivity contribution in [2.24, 2.45) is 34.5 Å². The fourth-order valence-electron chi connectivity index (χ4n) is 7.25. The van der Waals surface area contributed by atoms with Gasteiger partial charge in [0.2, 0.25) is 0 Å². The third-order valence-electron chi connectivity index (χ3n) is 8.88. The van der Waals surface area contributed by atoms with Crippen molar-refractivity contribution in [2.75, 3.05) is 0 Å². The van der Waals surface area contributed by atoms with Crippen LogP contribution < -0.4 is 0 Å². The summed E-state index contributed by atoms with van der Waals surface area (Å²) in [6.45, 7) is 7.21. The molecule has 0 aromatic heterocycles. The van der Waals surface area contributed by atoms with Gasteiger partial charge >= 0.3 is 0 Å². The molecule has 1 heteroatoms. The molecule has 0 unspecified atom stereocenters. The van der Waals surface area contributed by atoms with Crippen molar-refractivity contribution in [1.82, 2.24) is 0 Å². The molecule has 0 aromatic rings. The predicted molar refractivity (Wildman–Crippen MR) is 99.7 cm³/mol. The number of ketones is 1. The van der Waals surface area contributed by atoms with Crippen molar-refractivity contribution in [2.45, 2.75) is 91.4 Å². The minimum absolute atomic E-state index is 0.0290. The predicted octanol–water partition coefficient (Wildman–Crippen LogP) is 6.32. The van der Waals surface area contributed by atoms with E-state index in [2.05, 4.69) is 26.8 Å². The lowest BCUT2D eigenvalue weighted by Gasteiger charge is -2.57. The number of Topliss-reactive ketones (excluding diaryl/α,β-unsaturated/α-hetero) is 1. The molecule has 0 amide bonds. The summed E-state index contributed by atoms with van der Waals surface area (Å²) in [4.78, 5) is 12.5. The molecule has 0 spiro atoms. The van der Waals surface area contributed by atoms with E-state index in [-0.39, 0.29) is 5.41 Å². The Morgan fingerprint density at radius 3 is 2.62 bits per heavy atom. The zero-order valence-electron chi connectivity index (χ0n) is 16.1. The third-order valence-corrected chi connectivity index (χ3v) is 8.88. The highest BCUT2D eigenvalue weighted by Gasteiger charge is 2.58. The number of hydrogen-bond donors (Lipinski definition) is 0. The van der Waals surface area contributed by atoms with Gasteiger partial charge in [-0.3, -0.25) is 4.79 Å². The van der Waals surface area contributed by atoms with Crippen molar-refractivity contribution in [3.05, 3.63) is 11.6 Å². The summed E-state index contributed by atoms with van der Waals surface area (Å²) in [5.74, 6) is 3.85. The topological polar surface area (TPSA) is 17.1 Å². The van der Waals surface area contributed by atoms with Crippen molar-refractivity contribution in [3.8, 4) is 0 Å². The van der Waals surface area contributed by atoms with Crippen LogP contribution in [0.5, 0.6) is 0 Å². The van der Waals surface area contributed by atoms with Gasteiger partial charge in [-0.15, -0.1) is 0 Å². The summed E-state index contributed by atoms with van der Waals surface area (Å²) in [5, 5.41) is 0. The van der Waals surface area contributed by atoms with Gasteiger partial charge in [0.05, 0.1) is 0 Å². The molecule has 6 atom stereocenters. The Morgan fingerprint density at radius 1 is 1.08 bits per heavy atom. The van der Waals surface area contributed by atoms with Gasteiger partial charge in [0.15, 0.2) is 0 Å². The minimum Gasteiger partial charge on any atom is -0.299 e. The molecule has 0 N–H and O–H groups in total. The maximum absolute atomic E-state index is 12.5. The first-order valence-corrected chi connectivity index (χ1v) is 10.7. The molecule has 0 heterocycles. The van der Waals surface area contributed by atoms with Crippen LogP contribution in [0.3, 0.4) is 0 Å².